The Kier molecular flexibility index (Phi) is 7.83. The zero-order chi connectivity index (χ0) is 25.0. The van der Waals surface area contributed by atoms with E-state index in [9.17, 15) is 14.7 Å². The number of carbonyl (C=O) groups is 2. The Balaban J connectivity index is 2.17. The van der Waals surface area contributed by atoms with Crippen LogP contribution in [0, 0.1) is 6.92 Å². The Morgan fingerprint density at radius 1 is 1.03 bits per heavy atom. The van der Waals surface area contributed by atoms with Gasteiger partial charge in [-0.2, -0.15) is 0 Å². The molecule has 8 nitrogen and oxygen atoms in total. The number of carbonyl (C=O) groups excluding carboxylic acids is 2. The standard InChI is InChI=1S/C26H32N2O6/c1-7-34-19-10-9-18(14-16(19)2)24(29)22-23(17-8-11-20(32-5)21(15-17)33-6)28(13-12-27(3)4)26(31)25(22)30/h8-11,14-15,23,29H,7,12-13H2,1-6H3/t23-/m0/s1. The molecule has 0 aromatic heterocycles. The highest BCUT2D eigenvalue weighted by Gasteiger charge is 2.46. The molecule has 0 radical (unpaired) electrons. The van der Waals surface area contributed by atoms with Gasteiger partial charge < -0.3 is 29.1 Å². The molecule has 0 aliphatic carbocycles. The number of benzene rings is 2. The van der Waals surface area contributed by atoms with Crippen LogP contribution in [0.5, 0.6) is 17.2 Å². The van der Waals surface area contributed by atoms with Crippen molar-refractivity contribution in [1.29, 1.82) is 0 Å². The molecule has 34 heavy (non-hydrogen) atoms. The zero-order valence-corrected chi connectivity index (χ0v) is 20.5. The second kappa shape index (κ2) is 10.6. The lowest BCUT2D eigenvalue weighted by Gasteiger charge is -2.27. The lowest BCUT2D eigenvalue weighted by atomic mass is 9.94. The van der Waals surface area contributed by atoms with Gasteiger partial charge in [-0.3, -0.25) is 9.59 Å². The molecule has 2 aromatic rings. The number of Topliss-reactive ketones (excluding diaryl/α,β-unsaturated/α-hetero) is 1. The highest BCUT2D eigenvalue weighted by Crippen LogP contribution is 2.42. The lowest BCUT2D eigenvalue weighted by Crippen LogP contribution is -2.35. The molecule has 0 unspecified atom stereocenters. The third kappa shape index (κ3) is 4.87. The number of ketones is 1. The molecule has 1 saturated heterocycles. The Hall–Kier alpha value is -3.52. The van der Waals surface area contributed by atoms with Gasteiger partial charge in [0.15, 0.2) is 11.5 Å². The van der Waals surface area contributed by atoms with Gasteiger partial charge in [-0.1, -0.05) is 6.07 Å². The summed E-state index contributed by atoms with van der Waals surface area (Å²) in [5, 5.41) is 11.3. The maximum atomic E-state index is 13.2. The van der Waals surface area contributed by atoms with Crippen molar-refractivity contribution < 1.29 is 28.9 Å². The molecular formula is C26H32N2O6. The van der Waals surface area contributed by atoms with E-state index in [4.69, 9.17) is 14.2 Å². The first kappa shape index (κ1) is 25.1. The quantitative estimate of drug-likeness (QED) is 0.343. The fourth-order valence-corrected chi connectivity index (χ4v) is 4.06. The minimum atomic E-state index is -0.772. The Bertz CT molecular complexity index is 1110. The Labute approximate surface area is 200 Å². The second-order valence-corrected chi connectivity index (χ2v) is 8.32. The molecule has 0 saturated carbocycles. The summed E-state index contributed by atoms with van der Waals surface area (Å²) in [6, 6.07) is 9.65. The summed E-state index contributed by atoms with van der Waals surface area (Å²) in [5.74, 6) is 0.0979. The van der Waals surface area contributed by atoms with Crippen molar-refractivity contribution in [1.82, 2.24) is 9.80 Å². The van der Waals surface area contributed by atoms with E-state index in [2.05, 4.69) is 0 Å². The predicted octanol–water partition coefficient (Wildman–Crippen LogP) is 3.39. The van der Waals surface area contributed by atoms with Crippen molar-refractivity contribution >= 4 is 17.4 Å². The molecule has 182 valence electrons. The van der Waals surface area contributed by atoms with Crippen LogP contribution in [0.25, 0.3) is 5.76 Å². The van der Waals surface area contributed by atoms with E-state index in [0.29, 0.717) is 48.1 Å². The minimum absolute atomic E-state index is 0.0412. The summed E-state index contributed by atoms with van der Waals surface area (Å²) in [6.45, 7) is 5.14. The molecule has 3 rings (SSSR count). The summed E-state index contributed by atoms with van der Waals surface area (Å²) in [4.78, 5) is 29.7. The molecule has 1 amide bonds. The van der Waals surface area contributed by atoms with Gasteiger partial charge in [0.1, 0.15) is 11.5 Å². The van der Waals surface area contributed by atoms with E-state index in [-0.39, 0.29) is 11.3 Å². The number of aliphatic hydroxyl groups excluding tert-OH is 1. The van der Waals surface area contributed by atoms with Crippen molar-refractivity contribution in [2.45, 2.75) is 19.9 Å². The SMILES string of the molecule is CCOc1ccc(C(O)=C2C(=O)C(=O)N(CCN(C)C)[C@H]2c2ccc(OC)c(OC)c2)cc1C. The van der Waals surface area contributed by atoms with Crippen LogP contribution in [0.3, 0.4) is 0 Å². The Morgan fingerprint density at radius 2 is 1.71 bits per heavy atom. The lowest BCUT2D eigenvalue weighted by molar-refractivity contribution is -0.140. The van der Waals surface area contributed by atoms with E-state index in [1.807, 2.05) is 32.8 Å². The number of methoxy groups -OCH3 is 2. The van der Waals surface area contributed by atoms with E-state index in [1.54, 1.807) is 36.4 Å². The average Bonchev–Trinajstić information content (AvgIpc) is 3.07. The third-order valence-corrected chi connectivity index (χ3v) is 5.80. The van der Waals surface area contributed by atoms with Crippen LogP contribution < -0.4 is 14.2 Å². The van der Waals surface area contributed by atoms with Gasteiger partial charge in [-0.05, 0) is 69.4 Å². The normalized spacial score (nSPS) is 17.4. The molecule has 0 bridgehead atoms. The van der Waals surface area contributed by atoms with E-state index < -0.39 is 17.7 Å². The summed E-state index contributed by atoms with van der Waals surface area (Å²) >= 11 is 0. The van der Waals surface area contributed by atoms with Crippen LogP contribution in [0.4, 0.5) is 0 Å². The third-order valence-electron chi connectivity index (χ3n) is 5.80. The van der Waals surface area contributed by atoms with Crippen molar-refractivity contribution in [3.8, 4) is 17.2 Å². The van der Waals surface area contributed by atoms with Gasteiger partial charge in [0, 0.05) is 18.7 Å². The number of hydrogen-bond donors (Lipinski definition) is 1. The monoisotopic (exact) mass is 468 g/mol. The zero-order valence-electron chi connectivity index (χ0n) is 20.5. The number of hydrogen-bond acceptors (Lipinski definition) is 7. The molecule has 8 heteroatoms. The van der Waals surface area contributed by atoms with Gasteiger partial charge in [-0.25, -0.2) is 0 Å². The Morgan fingerprint density at radius 3 is 2.29 bits per heavy atom. The van der Waals surface area contributed by atoms with Crippen molar-refractivity contribution in [2.24, 2.45) is 0 Å². The van der Waals surface area contributed by atoms with Crippen LogP contribution in [-0.2, 0) is 9.59 Å². The molecule has 1 fully saturated rings. The first-order valence-corrected chi connectivity index (χ1v) is 11.1. The summed E-state index contributed by atoms with van der Waals surface area (Å²) < 4.78 is 16.4. The summed E-state index contributed by atoms with van der Waals surface area (Å²) in [7, 11) is 6.84. The predicted molar refractivity (Wildman–Crippen MR) is 129 cm³/mol. The first-order valence-electron chi connectivity index (χ1n) is 11.1. The van der Waals surface area contributed by atoms with Crippen LogP contribution in [-0.4, -0.2) is 74.6 Å². The number of rotatable bonds is 9. The molecule has 0 spiro atoms. The molecule has 1 aliphatic rings. The summed E-state index contributed by atoms with van der Waals surface area (Å²) in [6.07, 6.45) is 0. The number of aliphatic hydroxyl groups is 1. The highest BCUT2D eigenvalue weighted by molar-refractivity contribution is 6.46. The van der Waals surface area contributed by atoms with Crippen LogP contribution >= 0.6 is 0 Å². The molecule has 1 heterocycles. The number of likely N-dealkylation sites (tertiary alicyclic amines) is 1. The van der Waals surface area contributed by atoms with Gasteiger partial charge >= 0.3 is 0 Å². The smallest absolute Gasteiger partial charge is 0.295 e. The van der Waals surface area contributed by atoms with Crippen molar-refractivity contribution in [3.63, 3.8) is 0 Å². The second-order valence-electron chi connectivity index (χ2n) is 8.32. The van der Waals surface area contributed by atoms with E-state index >= 15 is 0 Å². The van der Waals surface area contributed by atoms with Crippen LogP contribution in [0.2, 0.25) is 0 Å². The molecule has 1 N–H and O–H groups in total. The molecule has 2 aromatic carbocycles. The summed E-state index contributed by atoms with van der Waals surface area (Å²) in [5.41, 5.74) is 1.94. The van der Waals surface area contributed by atoms with Gasteiger partial charge in [0.25, 0.3) is 11.7 Å². The maximum absolute atomic E-state index is 13.2. The minimum Gasteiger partial charge on any atom is -0.507 e. The van der Waals surface area contributed by atoms with Gasteiger partial charge in [-0.15, -0.1) is 0 Å². The van der Waals surface area contributed by atoms with Crippen LogP contribution in [0.15, 0.2) is 42.0 Å². The first-order chi connectivity index (χ1) is 16.2. The number of likely N-dealkylation sites (N-methyl/N-ethyl adjacent to an activating group) is 1. The number of amides is 1. The van der Waals surface area contributed by atoms with E-state index in [0.717, 1.165) is 5.56 Å². The molecule has 1 atom stereocenters. The van der Waals surface area contributed by atoms with Crippen molar-refractivity contribution in [2.75, 3.05) is 48.0 Å². The largest absolute Gasteiger partial charge is 0.507 e. The van der Waals surface area contributed by atoms with E-state index in [1.165, 1.54) is 19.1 Å². The molecular weight excluding hydrogens is 436 g/mol. The number of aryl methyl sites for hydroxylation is 1. The number of ether oxygens (including phenoxy) is 3. The van der Waals surface area contributed by atoms with Crippen molar-refractivity contribution in [3.05, 3.63) is 58.7 Å². The number of nitrogens with zero attached hydrogens (tertiary/aromatic N) is 2. The highest BCUT2D eigenvalue weighted by atomic mass is 16.5. The average molecular weight is 469 g/mol. The van der Waals surface area contributed by atoms with Gasteiger partial charge in [0.2, 0.25) is 0 Å². The fourth-order valence-electron chi connectivity index (χ4n) is 4.06. The topological polar surface area (TPSA) is 88.5 Å². The fraction of sp³-hybridized carbons (Fsp3) is 0.385. The maximum Gasteiger partial charge on any atom is 0.295 e. The van der Waals surface area contributed by atoms with Gasteiger partial charge in [0.05, 0.1) is 32.4 Å². The molecule has 1 aliphatic heterocycles. The van der Waals surface area contributed by atoms with Crippen LogP contribution in [0.1, 0.15) is 29.7 Å².